The van der Waals surface area contributed by atoms with Gasteiger partial charge >= 0.3 is 0 Å². The third kappa shape index (κ3) is 2.85. The lowest BCUT2D eigenvalue weighted by molar-refractivity contribution is 0.103. The quantitative estimate of drug-likeness (QED) is 0.568. The van der Waals surface area contributed by atoms with E-state index >= 15 is 0 Å². The smallest absolute Gasteiger partial charge is 0.193 e. The van der Waals surface area contributed by atoms with E-state index in [1.807, 2.05) is 18.2 Å². The Kier molecular flexibility index (Phi) is 4.16. The van der Waals surface area contributed by atoms with Gasteiger partial charge in [-0.3, -0.25) is 4.79 Å². The molecule has 0 aromatic heterocycles. The van der Waals surface area contributed by atoms with Crippen LogP contribution in [0.1, 0.15) is 15.9 Å². The van der Waals surface area contributed by atoms with Gasteiger partial charge in [-0.15, -0.1) is 0 Å². The fourth-order valence-electron chi connectivity index (χ4n) is 2.28. The Balaban J connectivity index is 1.93. The van der Waals surface area contributed by atoms with Crippen LogP contribution in [0.2, 0.25) is 0 Å². The molecule has 3 aromatic rings. The lowest BCUT2D eigenvalue weighted by Gasteiger charge is -2.06. The van der Waals surface area contributed by atoms with Gasteiger partial charge in [-0.2, -0.15) is 0 Å². The highest BCUT2D eigenvalue weighted by atomic mass is 79.9. The van der Waals surface area contributed by atoms with Gasteiger partial charge in [-0.1, -0.05) is 66.7 Å². The van der Waals surface area contributed by atoms with Crippen LogP contribution in [0.15, 0.2) is 77.3 Å². The van der Waals surface area contributed by atoms with Crippen LogP contribution in [0.4, 0.5) is 4.39 Å². The second kappa shape index (κ2) is 6.24. The van der Waals surface area contributed by atoms with Gasteiger partial charge in [0.1, 0.15) is 5.82 Å². The number of hydrogen-bond acceptors (Lipinski definition) is 1. The minimum atomic E-state index is -0.301. The summed E-state index contributed by atoms with van der Waals surface area (Å²) in [6, 6.07) is 21.2. The summed E-state index contributed by atoms with van der Waals surface area (Å²) in [5.41, 5.74) is 2.48. The molecule has 0 unspecified atom stereocenters. The average molecular weight is 355 g/mol. The fraction of sp³-hybridized carbons (Fsp3) is 0. The molecular weight excluding hydrogens is 343 g/mol. The van der Waals surface area contributed by atoms with Crippen molar-refractivity contribution in [3.63, 3.8) is 0 Å². The van der Waals surface area contributed by atoms with Gasteiger partial charge in [0.25, 0.3) is 0 Å². The molecule has 0 bridgehead atoms. The summed E-state index contributed by atoms with van der Waals surface area (Å²) in [7, 11) is 0. The molecule has 0 atom stereocenters. The molecule has 0 saturated heterocycles. The molecule has 0 fully saturated rings. The summed E-state index contributed by atoms with van der Waals surface area (Å²) in [6.45, 7) is 0. The maximum Gasteiger partial charge on any atom is 0.193 e. The van der Waals surface area contributed by atoms with E-state index in [9.17, 15) is 9.18 Å². The fourth-order valence-corrected chi connectivity index (χ4v) is 2.65. The molecule has 22 heavy (non-hydrogen) atoms. The standard InChI is InChI=1S/C19H12BrFO/c20-17-8-4-7-16(18(17)21)13-9-11-15(12-10-13)19(22)14-5-2-1-3-6-14/h1-12H. The molecule has 3 heteroatoms. The average Bonchev–Trinajstić information content (AvgIpc) is 2.58. The van der Waals surface area contributed by atoms with E-state index in [2.05, 4.69) is 15.9 Å². The molecule has 0 heterocycles. The van der Waals surface area contributed by atoms with Crippen molar-refractivity contribution in [2.75, 3.05) is 0 Å². The molecule has 1 nitrogen and oxygen atoms in total. The second-order valence-corrected chi connectivity index (χ2v) is 5.73. The van der Waals surface area contributed by atoms with Gasteiger partial charge in [0.2, 0.25) is 0 Å². The Bertz CT molecular complexity index is 811. The summed E-state index contributed by atoms with van der Waals surface area (Å²) in [4.78, 5) is 12.3. The first-order valence-corrected chi connectivity index (χ1v) is 7.60. The molecule has 0 spiro atoms. The molecule has 3 aromatic carbocycles. The number of carbonyl (C=O) groups excluding carboxylic acids is 1. The SMILES string of the molecule is O=C(c1ccccc1)c1ccc(-c2cccc(Br)c2F)cc1. The number of halogens is 2. The lowest BCUT2D eigenvalue weighted by atomic mass is 9.99. The summed E-state index contributed by atoms with van der Waals surface area (Å²) in [5.74, 6) is -0.341. The summed E-state index contributed by atoms with van der Waals surface area (Å²) < 4.78 is 14.5. The molecule has 0 aliphatic carbocycles. The van der Waals surface area contributed by atoms with E-state index in [-0.39, 0.29) is 11.6 Å². The monoisotopic (exact) mass is 354 g/mol. The van der Waals surface area contributed by atoms with Gasteiger partial charge in [0, 0.05) is 16.7 Å². The predicted octanol–water partition coefficient (Wildman–Crippen LogP) is 5.49. The zero-order valence-corrected chi connectivity index (χ0v) is 13.2. The third-order valence-electron chi connectivity index (χ3n) is 3.45. The van der Waals surface area contributed by atoms with Crippen LogP contribution < -0.4 is 0 Å². The van der Waals surface area contributed by atoms with E-state index in [0.29, 0.717) is 21.2 Å². The van der Waals surface area contributed by atoms with E-state index in [1.165, 1.54) is 0 Å². The first kappa shape index (κ1) is 14.7. The third-order valence-corrected chi connectivity index (χ3v) is 4.06. The molecular formula is C19H12BrFO. The van der Waals surface area contributed by atoms with Crippen molar-refractivity contribution in [2.45, 2.75) is 0 Å². The molecule has 0 aliphatic heterocycles. The molecule has 0 amide bonds. The predicted molar refractivity (Wildman–Crippen MR) is 89.4 cm³/mol. The second-order valence-electron chi connectivity index (χ2n) is 4.87. The van der Waals surface area contributed by atoms with Crippen LogP contribution >= 0.6 is 15.9 Å². The van der Waals surface area contributed by atoms with Gasteiger partial charge in [0.15, 0.2) is 5.78 Å². The van der Waals surface area contributed by atoms with Crippen molar-refractivity contribution in [2.24, 2.45) is 0 Å². The van der Waals surface area contributed by atoms with E-state index in [4.69, 9.17) is 0 Å². The van der Waals surface area contributed by atoms with E-state index < -0.39 is 0 Å². The molecule has 0 saturated carbocycles. The van der Waals surface area contributed by atoms with Crippen LogP contribution in [0.3, 0.4) is 0 Å². The van der Waals surface area contributed by atoms with E-state index in [1.54, 1.807) is 54.6 Å². The number of ketones is 1. The lowest BCUT2D eigenvalue weighted by Crippen LogP contribution is -2.00. The summed E-state index contributed by atoms with van der Waals surface area (Å²) in [5, 5.41) is 0. The van der Waals surface area contributed by atoms with Gasteiger partial charge in [0.05, 0.1) is 4.47 Å². The maximum absolute atomic E-state index is 14.1. The number of hydrogen-bond donors (Lipinski definition) is 0. The Morgan fingerprint density at radius 3 is 2.09 bits per heavy atom. The Labute approximate surface area is 136 Å². The largest absolute Gasteiger partial charge is 0.289 e. The number of benzene rings is 3. The van der Waals surface area contributed by atoms with Crippen molar-refractivity contribution >= 4 is 21.7 Å². The topological polar surface area (TPSA) is 17.1 Å². The highest BCUT2D eigenvalue weighted by Crippen LogP contribution is 2.28. The Morgan fingerprint density at radius 1 is 0.773 bits per heavy atom. The van der Waals surface area contributed by atoms with Crippen molar-refractivity contribution in [3.05, 3.63) is 94.2 Å². The van der Waals surface area contributed by atoms with Gasteiger partial charge in [-0.25, -0.2) is 4.39 Å². The maximum atomic E-state index is 14.1. The van der Waals surface area contributed by atoms with Crippen LogP contribution in [-0.4, -0.2) is 5.78 Å². The highest BCUT2D eigenvalue weighted by molar-refractivity contribution is 9.10. The van der Waals surface area contributed by atoms with Crippen LogP contribution in [0.5, 0.6) is 0 Å². The summed E-state index contributed by atoms with van der Waals surface area (Å²) in [6.07, 6.45) is 0. The molecule has 3 rings (SSSR count). The highest BCUT2D eigenvalue weighted by Gasteiger charge is 2.11. The van der Waals surface area contributed by atoms with Crippen LogP contribution in [0.25, 0.3) is 11.1 Å². The van der Waals surface area contributed by atoms with Crippen molar-refractivity contribution in [3.8, 4) is 11.1 Å². The van der Waals surface area contributed by atoms with Crippen molar-refractivity contribution in [1.29, 1.82) is 0 Å². The minimum absolute atomic E-state index is 0.0399. The minimum Gasteiger partial charge on any atom is -0.289 e. The number of rotatable bonds is 3. The Hall–Kier alpha value is -2.26. The Morgan fingerprint density at radius 2 is 1.41 bits per heavy atom. The first-order valence-electron chi connectivity index (χ1n) is 6.81. The van der Waals surface area contributed by atoms with Crippen molar-refractivity contribution < 1.29 is 9.18 Å². The molecule has 0 N–H and O–H groups in total. The normalized spacial score (nSPS) is 10.5. The van der Waals surface area contributed by atoms with Gasteiger partial charge < -0.3 is 0 Å². The zero-order chi connectivity index (χ0) is 15.5. The number of carbonyl (C=O) groups is 1. The van der Waals surface area contributed by atoms with Crippen molar-refractivity contribution in [1.82, 2.24) is 0 Å². The molecule has 108 valence electrons. The molecule has 0 radical (unpaired) electrons. The molecule has 0 aliphatic rings. The zero-order valence-electron chi connectivity index (χ0n) is 11.6. The van der Waals surface area contributed by atoms with E-state index in [0.717, 1.165) is 5.56 Å². The summed E-state index contributed by atoms with van der Waals surface area (Å²) >= 11 is 3.18. The first-order chi connectivity index (χ1) is 10.7. The van der Waals surface area contributed by atoms with Crippen LogP contribution in [-0.2, 0) is 0 Å². The van der Waals surface area contributed by atoms with Gasteiger partial charge in [-0.05, 0) is 27.6 Å². The van der Waals surface area contributed by atoms with Crippen LogP contribution in [0, 0.1) is 5.82 Å².